The van der Waals surface area contributed by atoms with E-state index in [4.69, 9.17) is 0 Å². The number of rotatable bonds is 6. The van der Waals surface area contributed by atoms with Gasteiger partial charge in [-0.3, -0.25) is 9.59 Å². The van der Waals surface area contributed by atoms with E-state index in [-0.39, 0.29) is 23.3 Å². The molecule has 2 amide bonds. The molecule has 6 nitrogen and oxygen atoms in total. The molecule has 2 fully saturated rings. The molecule has 1 aliphatic heterocycles. The molecule has 1 saturated carbocycles. The smallest absolute Gasteiger partial charge is 0.270 e. The highest BCUT2D eigenvalue weighted by molar-refractivity contribution is 5.96. The maximum absolute atomic E-state index is 13.4. The molecule has 184 valence electrons. The fraction of sp³-hybridized carbons (Fsp3) is 0.741. The molecule has 0 aromatic carbocycles. The number of hydrogen-bond donors (Lipinski definition) is 1. The molecule has 2 heterocycles. The topological polar surface area (TPSA) is 65.5 Å². The van der Waals surface area contributed by atoms with Crippen LogP contribution in [0.1, 0.15) is 90.3 Å². The summed E-state index contributed by atoms with van der Waals surface area (Å²) in [7, 11) is 2.22. The Balaban J connectivity index is 1.67. The zero-order valence-corrected chi connectivity index (χ0v) is 21.9. The van der Waals surface area contributed by atoms with E-state index in [0.29, 0.717) is 36.0 Å². The summed E-state index contributed by atoms with van der Waals surface area (Å²) in [5.74, 6) is 0.809. The van der Waals surface area contributed by atoms with Crippen molar-refractivity contribution in [1.29, 1.82) is 0 Å². The van der Waals surface area contributed by atoms with E-state index in [0.717, 1.165) is 31.5 Å². The third kappa shape index (κ3) is 5.76. The van der Waals surface area contributed by atoms with Crippen molar-refractivity contribution in [3.05, 3.63) is 29.6 Å². The number of amides is 2. The second kappa shape index (κ2) is 10.1. The van der Waals surface area contributed by atoms with Crippen LogP contribution >= 0.6 is 0 Å². The van der Waals surface area contributed by atoms with Crippen LogP contribution in [-0.2, 0) is 10.2 Å². The average molecular weight is 457 g/mol. The van der Waals surface area contributed by atoms with Gasteiger partial charge in [0, 0.05) is 35.8 Å². The molecule has 4 atom stereocenters. The quantitative estimate of drug-likeness (QED) is 0.695. The largest absolute Gasteiger partial charge is 0.339 e. The first-order valence-electron chi connectivity index (χ1n) is 12.7. The maximum Gasteiger partial charge on any atom is 0.270 e. The summed E-state index contributed by atoms with van der Waals surface area (Å²) >= 11 is 0. The third-order valence-corrected chi connectivity index (χ3v) is 7.78. The minimum absolute atomic E-state index is 0.0710. The van der Waals surface area contributed by atoms with E-state index < -0.39 is 6.04 Å². The minimum Gasteiger partial charge on any atom is -0.339 e. The van der Waals surface area contributed by atoms with Crippen LogP contribution in [0.5, 0.6) is 0 Å². The maximum atomic E-state index is 13.4. The lowest BCUT2D eigenvalue weighted by atomic mass is 9.74. The molecule has 1 saturated heterocycles. The van der Waals surface area contributed by atoms with Gasteiger partial charge in [-0.05, 0) is 70.5 Å². The molecule has 0 radical (unpaired) electrons. The summed E-state index contributed by atoms with van der Waals surface area (Å²) in [6, 6.07) is 6.44. The standard InChI is InChI=1S/C27H44N4O2/c1-17(2)20-16-19(30(8)18(3)4)12-13-23(20)31-15-14-22(26(31)33)29-25(32)21-10-9-11-24(28-21)27(5,6)7/h9-11,17-20,22-23H,12-16H2,1-8H3,(H,29,32)/t19-,20+,22?,23+/m1/s1. The lowest BCUT2D eigenvalue weighted by Gasteiger charge is -2.46. The van der Waals surface area contributed by atoms with Crippen LogP contribution in [0.3, 0.4) is 0 Å². The highest BCUT2D eigenvalue weighted by atomic mass is 16.2. The molecule has 1 aromatic heterocycles. The first kappa shape index (κ1) is 25.7. The lowest BCUT2D eigenvalue weighted by molar-refractivity contribution is -0.133. The average Bonchev–Trinajstić information content (AvgIpc) is 3.12. The summed E-state index contributed by atoms with van der Waals surface area (Å²) < 4.78 is 0. The Bertz CT molecular complexity index is 845. The number of likely N-dealkylation sites (tertiary alicyclic amines) is 1. The van der Waals surface area contributed by atoms with Gasteiger partial charge in [0.1, 0.15) is 11.7 Å². The zero-order valence-electron chi connectivity index (χ0n) is 21.9. The van der Waals surface area contributed by atoms with Crippen LogP contribution in [-0.4, -0.2) is 64.4 Å². The van der Waals surface area contributed by atoms with Gasteiger partial charge in [-0.25, -0.2) is 4.98 Å². The van der Waals surface area contributed by atoms with Crippen molar-refractivity contribution >= 4 is 11.8 Å². The van der Waals surface area contributed by atoms with Gasteiger partial charge in [-0.2, -0.15) is 0 Å². The van der Waals surface area contributed by atoms with E-state index in [1.807, 2.05) is 12.1 Å². The Morgan fingerprint density at radius 2 is 1.85 bits per heavy atom. The second-order valence-electron chi connectivity index (χ2n) is 11.7. The number of nitrogens with one attached hydrogen (secondary N) is 1. The summed E-state index contributed by atoms with van der Waals surface area (Å²) in [5.41, 5.74) is 1.12. The molecule has 1 N–H and O–H groups in total. The monoisotopic (exact) mass is 456 g/mol. The SMILES string of the molecule is CC(C)[C@@H]1C[C@H](N(C)C(C)C)CC[C@@H]1N1CCC(NC(=O)c2cccc(C(C)(C)C)n2)C1=O. The van der Waals surface area contributed by atoms with Crippen LogP contribution in [0.15, 0.2) is 18.2 Å². The number of carbonyl (C=O) groups excluding carboxylic acids is 2. The Morgan fingerprint density at radius 1 is 1.15 bits per heavy atom. The number of aromatic nitrogens is 1. The molecule has 0 spiro atoms. The Labute approximate surface area is 200 Å². The van der Waals surface area contributed by atoms with Gasteiger partial charge in [0.05, 0.1) is 0 Å². The van der Waals surface area contributed by atoms with E-state index in [2.05, 4.69) is 75.6 Å². The van der Waals surface area contributed by atoms with Gasteiger partial charge >= 0.3 is 0 Å². The van der Waals surface area contributed by atoms with Crippen molar-refractivity contribution in [3.8, 4) is 0 Å². The second-order valence-corrected chi connectivity index (χ2v) is 11.7. The van der Waals surface area contributed by atoms with Crippen molar-refractivity contribution in [2.75, 3.05) is 13.6 Å². The molecular weight excluding hydrogens is 412 g/mol. The van der Waals surface area contributed by atoms with Gasteiger partial charge in [0.15, 0.2) is 0 Å². The molecule has 0 bridgehead atoms. The highest BCUT2D eigenvalue weighted by Gasteiger charge is 2.43. The lowest BCUT2D eigenvalue weighted by Crippen LogP contribution is -2.52. The van der Waals surface area contributed by atoms with Gasteiger partial charge < -0.3 is 15.1 Å². The Hall–Kier alpha value is -1.95. The molecule has 6 heteroatoms. The van der Waals surface area contributed by atoms with Crippen molar-refractivity contribution < 1.29 is 9.59 Å². The molecule has 1 aromatic rings. The van der Waals surface area contributed by atoms with E-state index >= 15 is 0 Å². The molecule has 1 unspecified atom stereocenters. The first-order chi connectivity index (χ1) is 15.4. The van der Waals surface area contributed by atoms with Gasteiger partial charge in [0.25, 0.3) is 5.91 Å². The van der Waals surface area contributed by atoms with E-state index in [1.165, 1.54) is 0 Å². The first-order valence-corrected chi connectivity index (χ1v) is 12.7. The van der Waals surface area contributed by atoms with Crippen LogP contribution in [0.25, 0.3) is 0 Å². The summed E-state index contributed by atoms with van der Waals surface area (Å²) in [6.07, 6.45) is 3.95. The predicted octanol–water partition coefficient (Wildman–Crippen LogP) is 4.24. The van der Waals surface area contributed by atoms with Crippen molar-refractivity contribution in [3.63, 3.8) is 0 Å². The van der Waals surface area contributed by atoms with Gasteiger partial charge in [-0.1, -0.05) is 40.7 Å². The van der Waals surface area contributed by atoms with Crippen LogP contribution in [0, 0.1) is 11.8 Å². The predicted molar refractivity (Wildman–Crippen MR) is 133 cm³/mol. The van der Waals surface area contributed by atoms with Crippen molar-refractivity contribution in [2.24, 2.45) is 11.8 Å². The van der Waals surface area contributed by atoms with E-state index in [9.17, 15) is 9.59 Å². The number of pyridine rings is 1. The van der Waals surface area contributed by atoms with Crippen LogP contribution in [0.2, 0.25) is 0 Å². The Morgan fingerprint density at radius 3 is 2.45 bits per heavy atom. The molecule has 3 rings (SSSR count). The van der Waals surface area contributed by atoms with Gasteiger partial charge in [0.2, 0.25) is 5.91 Å². The highest BCUT2D eigenvalue weighted by Crippen LogP contribution is 2.37. The Kier molecular flexibility index (Phi) is 7.87. The molecule has 33 heavy (non-hydrogen) atoms. The fourth-order valence-corrected chi connectivity index (χ4v) is 5.44. The van der Waals surface area contributed by atoms with Crippen LogP contribution in [0.4, 0.5) is 0 Å². The van der Waals surface area contributed by atoms with Crippen LogP contribution < -0.4 is 5.32 Å². The van der Waals surface area contributed by atoms with Gasteiger partial charge in [-0.15, -0.1) is 0 Å². The third-order valence-electron chi connectivity index (χ3n) is 7.78. The summed E-state index contributed by atoms with van der Waals surface area (Å²) in [5, 5.41) is 2.98. The molecular formula is C27H44N4O2. The normalized spacial score (nSPS) is 26.5. The number of nitrogens with zero attached hydrogens (tertiary/aromatic N) is 3. The fourth-order valence-electron chi connectivity index (χ4n) is 5.44. The number of hydrogen-bond acceptors (Lipinski definition) is 4. The summed E-state index contributed by atoms with van der Waals surface area (Å²) in [6.45, 7) is 16.0. The zero-order chi connectivity index (χ0) is 24.5. The van der Waals surface area contributed by atoms with Crippen molar-refractivity contribution in [2.45, 2.75) is 104 Å². The number of carbonyl (C=O) groups is 2. The molecule has 1 aliphatic carbocycles. The van der Waals surface area contributed by atoms with E-state index in [1.54, 1.807) is 6.07 Å². The molecule has 2 aliphatic rings. The summed E-state index contributed by atoms with van der Waals surface area (Å²) in [4.78, 5) is 35.4. The van der Waals surface area contributed by atoms with Crippen molar-refractivity contribution in [1.82, 2.24) is 20.1 Å². The minimum atomic E-state index is -0.457.